The van der Waals surface area contributed by atoms with Gasteiger partial charge in [0.15, 0.2) is 0 Å². The van der Waals surface area contributed by atoms with Crippen LogP contribution in [-0.2, 0) is 9.59 Å². The van der Waals surface area contributed by atoms with E-state index in [9.17, 15) is 9.59 Å². The Hall–Kier alpha value is -0.900. The second-order valence-corrected chi connectivity index (χ2v) is 7.93. The molecule has 3 aliphatic rings. The smallest absolute Gasteiger partial charge is 0.236 e. The SMILES string of the molecule is CN(CCN(C)C1CC1)C(=O)[C@]12CC[C@H](CC1=O)C2(C)C. The summed E-state index contributed by atoms with van der Waals surface area (Å²) in [7, 11) is 4.00. The van der Waals surface area contributed by atoms with Crippen LogP contribution in [0.3, 0.4) is 0 Å². The van der Waals surface area contributed by atoms with Gasteiger partial charge in [-0.1, -0.05) is 13.8 Å². The Morgan fingerprint density at radius 2 is 1.86 bits per heavy atom. The fraction of sp³-hybridized carbons (Fsp3) is 0.882. The fourth-order valence-corrected chi connectivity index (χ4v) is 4.61. The van der Waals surface area contributed by atoms with Gasteiger partial charge in [-0.25, -0.2) is 0 Å². The number of Topliss-reactive ketones (excluding diaryl/α,β-unsaturated/α-hetero) is 1. The predicted molar refractivity (Wildman–Crippen MR) is 81.9 cm³/mol. The minimum atomic E-state index is -0.732. The Balaban J connectivity index is 1.70. The van der Waals surface area contributed by atoms with Gasteiger partial charge >= 0.3 is 0 Å². The van der Waals surface area contributed by atoms with Crippen LogP contribution in [0.2, 0.25) is 0 Å². The van der Waals surface area contributed by atoms with Crippen LogP contribution < -0.4 is 0 Å². The summed E-state index contributed by atoms with van der Waals surface area (Å²) in [5, 5.41) is 0. The number of carbonyl (C=O) groups is 2. The summed E-state index contributed by atoms with van der Waals surface area (Å²) >= 11 is 0. The molecule has 3 saturated carbocycles. The van der Waals surface area contributed by atoms with E-state index in [-0.39, 0.29) is 17.1 Å². The minimum absolute atomic E-state index is 0.0710. The summed E-state index contributed by atoms with van der Waals surface area (Å²) in [6.07, 6.45) is 4.95. The Labute approximate surface area is 127 Å². The number of hydrogen-bond acceptors (Lipinski definition) is 3. The van der Waals surface area contributed by atoms with Gasteiger partial charge in [0.1, 0.15) is 11.2 Å². The number of hydrogen-bond donors (Lipinski definition) is 0. The lowest BCUT2D eigenvalue weighted by atomic mass is 9.68. The van der Waals surface area contributed by atoms with Crippen molar-refractivity contribution in [2.45, 2.75) is 52.0 Å². The van der Waals surface area contributed by atoms with E-state index in [4.69, 9.17) is 0 Å². The lowest BCUT2D eigenvalue weighted by molar-refractivity contribution is -0.152. The molecule has 21 heavy (non-hydrogen) atoms. The first kappa shape index (κ1) is 15.0. The zero-order chi connectivity index (χ0) is 15.4. The van der Waals surface area contributed by atoms with Crippen LogP contribution in [0, 0.1) is 16.7 Å². The van der Waals surface area contributed by atoms with Gasteiger partial charge in [0.25, 0.3) is 0 Å². The lowest BCUT2D eigenvalue weighted by Crippen LogP contribution is -2.51. The number of ketones is 1. The number of fused-ring (bicyclic) bond motifs is 2. The third-order valence-corrected chi connectivity index (χ3v) is 6.57. The molecule has 0 spiro atoms. The highest BCUT2D eigenvalue weighted by molar-refractivity contribution is 6.09. The third kappa shape index (κ3) is 2.06. The van der Waals surface area contributed by atoms with Gasteiger partial charge < -0.3 is 9.80 Å². The summed E-state index contributed by atoms with van der Waals surface area (Å²) < 4.78 is 0. The standard InChI is InChI=1S/C17H28N2O2/c1-16(2)12-7-8-17(16,14(20)11-12)15(21)19(4)10-9-18(3)13-5-6-13/h12-13H,5-11H2,1-4H3/t12-,17+/m1/s1. The average molecular weight is 292 g/mol. The van der Waals surface area contributed by atoms with Crippen molar-refractivity contribution >= 4 is 11.7 Å². The maximum Gasteiger partial charge on any atom is 0.236 e. The quantitative estimate of drug-likeness (QED) is 0.727. The molecule has 4 nitrogen and oxygen atoms in total. The van der Waals surface area contributed by atoms with Gasteiger partial charge in [-0.2, -0.15) is 0 Å². The maximum absolute atomic E-state index is 13.0. The molecule has 0 saturated heterocycles. The third-order valence-electron chi connectivity index (χ3n) is 6.57. The molecule has 3 rings (SSSR count). The Bertz CT molecular complexity index is 469. The highest BCUT2D eigenvalue weighted by Gasteiger charge is 2.68. The monoisotopic (exact) mass is 292 g/mol. The Morgan fingerprint density at radius 3 is 2.33 bits per heavy atom. The van der Waals surface area contributed by atoms with Crippen LogP contribution in [0.1, 0.15) is 46.0 Å². The van der Waals surface area contributed by atoms with E-state index < -0.39 is 5.41 Å². The van der Waals surface area contributed by atoms with E-state index in [0.29, 0.717) is 18.4 Å². The van der Waals surface area contributed by atoms with Gasteiger partial charge in [-0.15, -0.1) is 0 Å². The summed E-state index contributed by atoms with van der Waals surface area (Å²) in [5.74, 6) is 0.661. The second-order valence-electron chi connectivity index (χ2n) is 7.93. The number of likely N-dealkylation sites (N-methyl/N-ethyl adjacent to an activating group) is 2. The van der Waals surface area contributed by atoms with Crippen molar-refractivity contribution in [3.05, 3.63) is 0 Å². The number of nitrogens with zero attached hydrogens (tertiary/aromatic N) is 2. The summed E-state index contributed by atoms with van der Waals surface area (Å²) in [5.41, 5.74) is -0.900. The van der Waals surface area contributed by atoms with Gasteiger partial charge in [-0.05, 0) is 44.1 Å². The van der Waals surface area contributed by atoms with Crippen molar-refractivity contribution < 1.29 is 9.59 Å². The molecular formula is C17H28N2O2. The normalized spacial score (nSPS) is 33.8. The molecule has 0 aromatic heterocycles. The average Bonchev–Trinajstić information content (AvgIpc) is 3.22. The first-order valence-electron chi connectivity index (χ1n) is 8.30. The van der Waals surface area contributed by atoms with Crippen molar-refractivity contribution in [3.63, 3.8) is 0 Å². The van der Waals surface area contributed by atoms with Crippen molar-refractivity contribution in [2.75, 3.05) is 27.2 Å². The zero-order valence-corrected chi connectivity index (χ0v) is 13.8. The maximum atomic E-state index is 13.0. The van der Waals surface area contributed by atoms with Gasteiger partial charge in [-0.3, -0.25) is 9.59 Å². The van der Waals surface area contributed by atoms with E-state index in [1.807, 2.05) is 11.9 Å². The molecule has 0 radical (unpaired) electrons. The van der Waals surface area contributed by atoms with Crippen molar-refractivity contribution in [1.82, 2.24) is 9.80 Å². The molecule has 2 atom stereocenters. The molecule has 3 fully saturated rings. The molecule has 0 aliphatic heterocycles. The van der Waals surface area contributed by atoms with Crippen LogP contribution >= 0.6 is 0 Å². The Kier molecular flexibility index (Phi) is 3.43. The molecule has 0 unspecified atom stereocenters. The predicted octanol–water partition coefficient (Wildman–Crippen LogP) is 1.93. The van der Waals surface area contributed by atoms with Gasteiger partial charge in [0.05, 0.1) is 0 Å². The molecule has 0 heterocycles. The molecule has 118 valence electrons. The molecular weight excluding hydrogens is 264 g/mol. The topological polar surface area (TPSA) is 40.6 Å². The van der Waals surface area contributed by atoms with Gasteiger partial charge in [0, 0.05) is 32.6 Å². The largest absolute Gasteiger partial charge is 0.344 e. The Morgan fingerprint density at radius 1 is 1.19 bits per heavy atom. The van der Waals surface area contributed by atoms with Crippen molar-refractivity contribution in [1.29, 1.82) is 0 Å². The van der Waals surface area contributed by atoms with Crippen LogP contribution in [0.5, 0.6) is 0 Å². The number of rotatable bonds is 5. The first-order valence-corrected chi connectivity index (χ1v) is 8.30. The molecule has 0 N–H and O–H groups in total. The molecule has 0 aromatic rings. The van der Waals surface area contributed by atoms with Crippen molar-refractivity contribution in [2.24, 2.45) is 16.7 Å². The first-order chi connectivity index (χ1) is 9.80. The highest BCUT2D eigenvalue weighted by Crippen LogP contribution is 2.64. The van der Waals surface area contributed by atoms with E-state index in [1.165, 1.54) is 12.8 Å². The van der Waals surface area contributed by atoms with Crippen LogP contribution in [-0.4, -0.2) is 54.7 Å². The minimum Gasteiger partial charge on any atom is -0.344 e. The second kappa shape index (κ2) is 4.80. The zero-order valence-electron chi connectivity index (χ0n) is 13.8. The molecule has 3 aliphatic carbocycles. The van der Waals surface area contributed by atoms with Crippen LogP contribution in [0.4, 0.5) is 0 Å². The van der Waals surface area contributed by atoms with E-state index in [0.717, 1.165) is 25.9 Å². The van der Waals surface area contributed by atoms with Crippen LogP contribution in [0.25, 0.3) is 0 Å². The van der Waals surface area contributed by atoms with Crippen molar-refractivity contribution in [3.8, 4) is 0 Å². The molecule has 0 aromatic carbocycles. The molecule has 4 heteroatoms. The molecule has 2 bridgehead atoms. The number of amides is 1. The van der Waals surface area contributed by atoms with E-state index >= 15 is 0 Å². The fourth-order valence-electron chi connectivity index (χ4n) is 4.61. The molecule has 1 amide bonds. The summed E-state index contributed by atoms with van der Waals surface area (Å²) in [6, 6.07) is 0.715. The van der Waals surface area contributed by atoms with E-state index in [1.54, 1.807) is 0 Å². The lowest BCUT2D eigenvalue weighted by Gasteiger charge is -2.38. The summed E-state index contributed by atoms with van der Waals surface area (Å²) in [6.45, 7) is 5.87. The number of carbonyl (C=O) groups excluding carboxylic acids is 2. The van der Waals surface area contributed by atoms with E-state index in [2.05, 4.69) is 25.8 Å². The van der Waals surface area contributed by atoms with Crippen LogP contribution in [0.15, 0.2) is 0 Å². The summed E-state index contributed by atoms with van der Waals surface area (Å²) in [4.78, 5) is 29.7. The van der Waals surface area contributed by atoms with Gasteiger partial charge in [0.2, 0.25) is 5.91 Å². The highest BCUT2D eigenvalue weighted by atomic mass is 16.2.